The zero-order chi connectivity index (χ0) is 18.0. The molecule has 25 heavy (non-hydrogen) atoms. The van der Waals surface area contributed by atoms with Gasteiger partial charge in [0.1, 0.15) is 16.7 Å². The molecule has 7 nitrogen and oxygen atoms in total. The third kappa shape index (κ3) is 3.74. The van der Waals surface area contributed by atoms with Crippen LogP contribution >= 0.6 is 11.8 Å². The number of imide groups is 1. The minimum Gasteiger partial charge on any atom is -0.508 e. The second kappa shape index (κ2) is 6.86. The number of carbonyl (C=O) groups is 3. The fourth-order valence-corrected chi connectivity index (χ4v) is 3.37. The SMILES string of the molecule is O=C(CC1SC(=O)N(c2ccc(O)cc2)C1=O)Nc1cccc(O)c1. The van der Waals surface area contributed by atoms with E-state index in [1.54, 1.807) is 12.1 Å². The number of phenols is 2. The number of benzene rings is 2. The van der Waals surface area contributed by atoms with Crippen molar-refractivity contribution in [1.29, 1.82) is 0 Å². The summed E-state index contributed by atoms with van der Waals surface area (Å²) in [4.78, 5) is 37.6. The largest absolute Gasteiger partial charge is 0.508 e. The van der Waals surface area contributed by atoms with Crippen LogP contribution < -0.4 is 10.2 Å². The van der Waals surface area contributed by atoms with Crippen molar-refractivity contribution in [3.8, 4) is 11.5 Å². The van der Waals surface area contributed by atoms with Gasteiger partial charge in [0.2, 0.25) is 11.8 Å². The standard InChI is InChI=1S/C17H14N2O5S/c20-12-6-4-11(5-7-12)19-16(23)14(25-17(19)24)9-15(22)18-10-2-1-3-13(21)8-10/h1-8,14,20-21H,9H2,(H,18,22). The molecule has 1 aliphatic heterocycles. The molecule has 1 saturated heterocycles. The second-order valence-corrected chi connectivity index (χ2v) is 6.52. The minimum absolute atomic E-state index is 0.0119. The van der Waals surface area contributed by atoms with Crippen LogP contribution in [0.1, 0.15) is 6.42 Å². The Labute approximate surface area is 147 Å². The highest BCUT2D eigenvalue weighted by Crippen LogP contribution is 2.34. The van der Waals surface area contributed by atoms with Crippen LogP contribution in [0.3, 0.4) is 0 Å². The van der Waals surface area contributed by atoms with Crippen molar-refractivity contribution in [2.75, 3.05) is 10.2 Å². The predicted molar refractivity (Wildman–Crippen MR) is 93.7 cm³/mol. The first-order valence-electron chi connectivity index (χ1n) is 7.36. The maximum absolute atomic E-state index is 12.4. The summed E-state index contributed by atoms with van der Waals surface area (Å²) in [6, 6.07) is 11.7. The van der Waals surface area contributed by atoms with Crippen LogP contribution in [0.15, 0.2) is 48.5 Å². The van der Waals surface area contributed by atoms with Gasteiger partial charge in [-0.3, -0.25) is 14.4 Å². The van der Waals surface area contributed by atoms with E-state index in [2.05, 4.69) is 5.32 Å². The quantitative estimate of drug-likeness (QED) is 0.776. The van der Waals surface area contributed by atoms with Crippen LogP contribution in [-0.2, 0) is 9.59 Å². The average molecular weight is 358 g/mol. The van der Waals surface area contributed by atoms with E-state index in [0.717, 1.165) is 16.7 Å². The van der Waals surface area contributed by atoms with E-state index in [4.69, 9.17) is 0 Å². The van der Waals surface area contributed by atoms with Crippen molar-refractivity contribution in [1.82, 2.24) is 0 Å². The van der Waals surface area contributed by atoms with Gasteiger partial charge in [-0.25, -0.2) is 4.90 Å². The van der Waals surface area contributed by atoms with Crippen molar-refractivity contribution in [2.45, 2.75) is 11.7 Å². The van der Waals surface area contributed by atoms with Crippen LogP contribution in [0.5, 0.6) is 11.5 Å². The number of hydrogen-bond donors (Lipinski definition) is 3. The third-order valence-electron chi connectivity index (χ3n) is 3.53. The third-order valence-corrected chi connectivity index (χ3v) is 4.57. The Kier molecular flexibility index (Phi) is 4.62. The summed E-state index contributed by atoms with van der Waals surface area (Å²) in [6.45, 7) is 0. The van der Waals surface area contributed by atoms with E-state index in [9.17, 15) is 24.6 Å². The van der Waals surface area contributed by atoms with E-state index in [-0.39, 0.29) is 17.9 Å². The smallest absolute Gasteiger partial charge is 0.293 e. The zero-order valence-electron chi connectivity index (χ0n) is 12.9. The van der Waals surface area contributed by atoms with Gasteiger partial charge >= 0.3 is 0 Å². The van der Waals surface area contributed by atoms with Crippen LogP contribution in [-0.4, -0.2) is 32.5 Å². The molecule has 0 spiro atoms. The molecule has 3 amide bonds. The van der Waals surface area contributed by atoms with E-state index in [0.29, 0.717) is 11.4 Å². The zero-order valence-corrected chi connectivity index (χ0v) is 13.7. The summed E-state index contributed by atoms with van der Waals surface area (Å²) >= 11 is 0.788. The van der Waals surface area contributed by atoms with E-state index < -0.39 is 22.3 Å². The number of carbonyl (C=O) groups excluding carboxylic acids is 3. The normalized spacial score (nSPS) is 17.0. The maximum Gasteiger partial charge on any atom is 0.293 e. The molecule has 2 aromatic rings. The van der Waals surface area contributed by atoms with Crippen molar-refractivity contribution in [3.05, 3.63) is 48.5 Å². The molecule has 0 radical (unpaired) electrons. The van der Waals surface area contributed by atoms with Gasteiger partial charge in [0.25, 0.3) is 5.24 Å². The number of nitrogens with one attached hydrogen (secondary N) is 1. The molecule has 1 aliphatic rings. The first-order chi connectivity index (χ1) is 11.9. The Hall–Kier alpha value is -3.00. The summed E-state index contributed by atoms with van der Waals surface area (Å²) in [7, 11) is 0. The lowest BCUT2D eigenvalue weighted by molar-refractivity contribution is -0.121. The van der Waals surface area contributed by atoms with Crippen molar-refractivity contribution >= 4 is 40.2 Å². The molecule has 128 valence electrons. The number of thioether (sulfide) groups is 1. The van der Waals surface area contributed by atoms with Crippen LogP contribution in [0.25, 0.3) is 0 Å². The van der Waals surface area contributed by atoms with Gasteiger partial charge in [-0.05, 0) is 48.2 Å². The van der Waals surface area contributed by atoms with Crippen LogP contribution in [0, 0.1) is 0 Å². The fourth-order valence-electron chi connectivity index (χ4n) is 2.39. The summed E-state index contributed by atoms with van der Waals surface area (Å²) in [5.41, 5.74) is 0.748. The molecule has 0 bridgehead atoms. The fraction of sp³-hybridized carbons (Fsp3) is 0.118. The van der Waals surface area contributed by atoms with Gasteiger partial charge in [0, 0.05) is 18.2 Å². The van der Waals surface area contributed by atoms with Gasteiger partial charge in [-0.2, -0.15) is 0 Å². The highest BCUT2D eigenvalue weighted by molar-refractivity contribution is 8.15. The molecule has 3 N–H and O–H groups in total. The van der Waals surface area contributed by atoms with Crippen LogP contribution in [0.2, 0.25) is 0 Å². The summed E-state index contributed by atoms with van der Waals surface area (Å²) < 4.78 is 0. The average Bonchev–Trinajstić information content (AvgIpc) is 2.82. The van der Waals surface area contributed by atoms with E-state index >= 15 is 0 Å². The topological polar surface area (TPSA) is 107 Å². The lowest BCUT2D eigenvalue weighted by Gasteiger charge is -2.14. The number of rotatable bonds is 4. The molecule has 1 atom stereocenters. The Bertz CT molecular complexity index is 837. The van der Waals surface area contributed by atoms with Crippen molar-refractivity contribution in [3.63, 3.8) is 0 Å². The Morgan fingerprint density at radius 3 is 2.48 bits per heavy atom. The second-order valence-electron chi connectivity index (χ2n) is 5.37. The summed E-state index contributed by atoms with van der Waals surface area (Å²) in [6.07, 6.45) is -0.167. The molecule has 8 heteroatoms. The number of nitrogens with zero attached hydrogens (tertiary/aromatic N) is 1. The van der Waals surface area contributed by atoms with Gasteiger partial charge in [-0.15, -0.1) is 0 Å². The molecule has 1 heterocycles. The molecule has 0 aliphatic carbocycles. The number of phenolic OH excluding ortho intramolecular Hbond substituents is 2. The van der Waals surface area contributed by atoms with Gasteiger partial charge in [-0.1, -0.05) is 6.07 Å². The monoisotopic (exact) mass is 358 g/mol. The molecule has 0 saturated carbocycles. The molecule has 2 aromatic carbocycles. The molecule has 1 fully saturated rings. The lowest BCUT2D eigenvalue weighted by atomic mass is 10.2. The number of hydrogen-bond acceptors (Lipinski definition) is 6. The first kappa shape index (κ1) is 16.8. The predicted octanol–water partition coefficient (Wildman–Crippen LogP) is 2.70. The Balaban J connectivity index is 1.67. The first-order valence-corrected chi connectivity index (χ1v) is 8.24. The molecule has 3 rings (SSSR count). The van der Waals surface area contributed by atoms with E-state index in [1.807, 2.05) is 0 Å². The summed E-state index contributed by atoms with van der Waals surface area (Å²) in [5.74, 6) is -0.876. The Morgan fingerprint density at radius 1 is 1.08 bits per heavy atom. The van der Waals surface area contributed by atoms with Crippen LogP contribution in [0.4, 0.5) is 16.2 Å². The van der Waals surface area contributed by atoms with Gasteiger partial charge < -0.3 is 15.5 Å². The molecular weight excluding hydrogens is 344 g/mol. The van der Waals surface area contributed by atoms with Gasteiger partial charge in [0.05, 0.1) is 5.69 Å². The number of amides is 3. The number of anilines is 2. The lowest BCUT2D eigenvalue weighted by Crippen LogP contribution is -2.32. The molecule has 0 aromatic heterocycles. The summed E-state index contributed by atoms with van der Waals surface area (Å²) in [5, 5.41) is 20.0. The maximum atomic E-state index is 12.4. The van der Waals surface area contributed by atoms with Gasteiger partial charge in [0.15, 0.2) is 0 Å². The minimum atomic E-state index is -0.821. The highest BCUT2D eigenvalue weighted by atomic mass is 32.2. The van der Waals surface area contributed by atoms with E-state index in [1.165, 1.54) is 36.4 Å². The van der Waals surface area contributed by atoms with Crippen molar-refractivity contribution in [2.24, 2.45) is 0 Å². The molecular formula is C17H14N2O5S. The number of aromatic hydroxyl groups is 2. The Morgan fingerprint density at radius 2 is 1.80 bits per heavy atom. The van der Waals surface area contributed by atoms with Crippen molar-refractivity contribution < 1.29 is 24.6 Å². The highest BCUT2D eigenvalue weighted by Gasteiger charge is 2.41. The molecule has 1 unspecified atom stereocenters.